The van der Waals surface area contributed by atoms with Crippen molar-refractivity contribution in [2.45, 2.75) is 64.8 Å². The molecule has 5 rings (SSSR count). The quantitative estimate of drug-likeness (QED) is 0.164. The SMILES string of the molecule is C=Cc1ccc(-c2nc(-c3ccc(F)cc3)nn2CC(=O)N2CCC(CCC3=CCCC=C(CC)C(N(C)CCCOC)=C3)CC2)cc1. The summed E-state index contributed by atoms with van der Waals surface area (Å²) >= 11 is 0. The van der Waals surface area contributed by atoms with E-state index in [1.165, 1.54) is 29.0 Å². The van der Waals surface area contributed by atoms with Crippen molar-refractivity contribution in [1.82, 2.24) is 24.6 Å². The lowest BCUT2D eigenvalue weighted by atomic mass is 9.89. The van der Waals surface area contributed by atoms with Crippen LogP contribution in [0.5, 0.6) is 0 Å². The van der Waals surface area contributed by atoms with Gasteiger partial charge < -0.3 is 14.5 Å². The van der Waals surface area contributed by atoms with Crippen LogP contribution in [0.25, 0.3) is 28.9 Å². The second kappa shape index (κ2) is 17.2. The number of hydrogen-bond acceptors (Lipinski definition) is 5. The zero-order valence-corrected chi connectivity index (χ0v) is 28.8. The molecule has 2 heterocycles. The van der Waals surface area contributed by atoms with E-state index in [9.17, 15) is 9.18 Å². The summed E-state index contributed by atoms with van der Waals surface area (Å²) in [5, 5.41) is 4.72. The van der Waals surface area contributed by atoms with Crippen molar-refractivity contribution in [1.29, 1.82) is 0 Å². The summed E-state index contributed by atoms with van der Waals surface area (Å²) in [6, 6.07) is 14.0. The number of methoxy groups -OCH3 is 1. The third kappa shape index (κ3) is 9.19. The topological polar surface area (TPSA) is 63.5 Å². The fraction of sp³-hybridized carbons (Fsp3) is 0.425. The summed E-state index contributed by atoms with van der Waals surface area (Å²) in [6.45, 7) is 9.43. The summed E-state index contributed by atoms with van der Waals surface area (Å²) < 4.78 is 20.6. The summed E-state index contributed by atoms with van der Waals surface area (Å²) in [5.41, 5.74) is 6.76. The lowest BCUT2D eigenvalue weighted by Crippen LogP contribution is -2.40. The van der Waals surface area contributed by atoms with Crippen LogP contribution >= 0.6 is 0 Å². The first-order valence-electron chi connectivity index (χ1n) is 17.4. The first kappa shape index (κ1) is 35.0. The number of rotatable bonds is 14. The molecule has 0 spiro atoms. The number of carbonyl (C=O) groups is 1. The Morgan fingerprint density at radius 2 is 1.77 bits per heavy atom. The first-order chi connectivity index (χ1) is 23.4. The Kier molecular flexibility index (Phi) is 12.5. The van der Waals surface area contributed by atoms with Crippen LogP contribution in [0.2, 0.25) is 0 Å². The van der Waals surface area contributed by atoms with Gasteiger partial charge in [-0.3, -0.25) is 4.79 Å². The number of likely N-dealkylation sites (N-methyl/N-ethyl adjacent to an activating group) is 1. The van der Waals surface area contributed by atoms with Gasteiger partial charge in [-0.25, -0.2) is 14.1 Å². The van der Waals surface area contributed by atoms with E-state index >= 15 is 0 Å². The van der Waals surface area contributed by atoms with Crippen molar-refractivity contribution in [2.24, 2.45) is 5.92 Å². The molecule has 0 saturated carbocycles. The zero-order chi connectivity index (χ0) is 33.9. The van der Waals surface area contributed by atoms with Crippen LogP contribution < -0.4 is 0 Å². The maximum atomic E-state index is 13.6. The molecule has 0 N–H and O–H groups in total. The van der Waals surface area contributed by atoms with Crippen molar-refractivity contribution >= 4 is 12.0 Å². The van der Waals surface area contributed by atoms with Gasteiger partial charge in [-0.05, 0) is 104 Å². The van der Waals surface area contributed by atoms with E-state index in [1.54, 1.807) is 30.0 Å². The molecule has 2 aliphatic rings. The van der Waals surface area contributed by atoms with Crippen molar-refractivity contribution in [3.8, 4) is 22.8 Å². The minimum Gasteiger partial charge on any atom is -0.385 e. The van der Waals surface area contributed by atoms with Crippen molar-refractivity contribution < 1.29 is 13.9 Å². The van der Waals surface area contributed by atoms with E-state index in [1.807, 2.05) is 29.2 Å². The number of ether oxygens (including phenoxy) is 1. The predicted octanol–water partition coefficient (Wildman–Crippen LogP) is 8.32. The highest BCUT2D eigenvalue weighted by atomic mass is 19.1. The van der Waals surface area contributed by atoms with Crippen LogP contribution in [0, 0.1) is 11.7 Å². The molecule has 0 atom stereocenters. The average Bonchev–Trinajstić information content (AvgIpc) is 3.52. The Bertz CT molecular complexity index is 1610. The maximum Gasteiger partial charge on any atom is 0.244 e. The molecule has 3 aromatic rings. The van der Waals surface area contributed by atoms with Crippen molar-refractivity contribution in [2.75, 3.05) is 40.4 Å². The second-order valence-electron chi connectivity index (χ2n) is 12.8. The van der Waals surface area contributed by atoms with Crippen LogP contribution in [0.15, 0.2) is 90.2 Å². The zero-order valence-electron chi connectivity index (χ0n) is 28.8. The summed E-state index contributed by atoms with van der Waals surface area (Å²) in [7, 11) is 3.96. The molecular formula is C40H50FN5O2. The molecule has 0 radical (unpaired) electrons. The molecule has 1 aliphatic heterocycles. The van der Waals surface area contributed by atoms with Gasteiger partial charge in [0.05, 0.1) is 0 Å². The van der Waals surface area contributed by atoms with Gasteiger partial charge in [-0.2, -0.15) is 0 Å². The summed E-state index contributed by atoms with van der Waals surface area (Å²) in [6.07, 6.45) is 17.4. The summed E-state index contributed by atoms with van der Waals surface area (Å²) in [4.78, 5) is 22.8. The van der Waals surface area contributed by atoms with Gasteiger partial charge in [-0.1, -0.05) is 56.0 Å². The van der Waals surface area contributed by atoms with Gasteiger partial charge >= 0.3 is 0 Å². The Morgan fingerprint density at radius 3 is 2.46 bits per heavy atom. The third-order valence-electron chi connectivity index (χ3n) is 9.52. The van der Waals surface area contributed by atoms with Gasteiger partial charge in [0.2, 0.25) is 5.91 Å². The number of allylic oxidation sites excluding steroid dienone is 5. The van der Waals surface area contributed by atoms with E-state index in [4.69, 9.17) is 14.8 Å². The van der Waals surface area contributed by atoms with Gasteiger partial charge in [0.15, 0.2) is 11.6 Å². The predicted molar refractivity (Wildman–Crippen MR) is 192 cm³/mol. The van der Waals surface area contributed by atoms with Crippen molar-refractivity contribution in [3.63, 3.8) is 0 Å². The number of likely N-dealkylation sites (tertiary alicyclic amines) is 1. The number of halogens is 1. The van der Waals surface area contributed by atoms with E-state index in [-0.39, 0.29) is 18.3 Å². The van der Waals surface area contributed by atoms with Crippen molar-refractivity contribution in [3.05, 3.63) is 102 Å². The number of amides is 1. The number of hydrogen-bond donors (Lipinski definition) is 0. The highest BCUT2D eigenvalue weighted by molar-refractivity contribution is 5.77. The van der Waals surface area contributed by atoms with Crippen LogP contribution in [0.1, 0.15) is 63.9 Å². The molecule has 1 aliphatic carbocycles. The molecule has 1 saturated heterocycles. The molecule has 48 heavy (non-hydrogen) atoms. The van der Waals surface area contributed by atoms with Gasteiger partial charge in [0.1, 0.15) is 12.4 Å². The highest BCUT2D eigenvalue weighted by Gasteiger charge is 2.25. The van der Waals surface area contributed by atoms with E-state index < -0.39 is 0 Å². The highest BCUT2D eigenvalue weighted by Crippen LogP contribution is 2.29. The largest absolute Gasteiger partial charge is 0.385 e. The molecule has 8 heteroatoms. The Labute approximate surface area is 285 Å². The molecule has 1 aromatic heterocycles. The number of aromatic nitrogens is 3. The molecule has 254 valence electrons. The van der Waals surface area contributed by atoms with Gasteiger partial charge in [-0.15, -0.1) is 5.10 Å². The van der Waals surface area contributed by atoms with Crippen LogP contribution in [-0.2, 0) is 16.1 Å². The van der Waals surface area contributed by atoms with Gasteiger partial charge in [0.25, 0.3) is 0 Å². The minimum absolute atomic E-state index is 0.0404. The normalized spacial score (nSPS) is 15.7. The Balaban J connectivity index is 1.21. The molecular weight excluding hydrogens is 601 g/mol. The third-order valence-corrected chi connectivity index (χ3v) is 9.52. The lowest BCUT2D eigenvalue weighted by Gasteiger charge is -2.32. The standard InChI is InChI=1S/C40H50FN5O2/c1-5-30-14-16-35(17-15-30)40-42-39(34-18-20-36(41)21-19-34)43-46(40)29-38(47)45-25-22-31(23-26-45)12-13-32-10-7-8-11-33(6-2)37(28-32)44(3)24-9-27-48-4/h5,10-11,14-21,28,31H,1,6-9,12-13,22-27,29H2,2-4H3. The molecule has 7 nitrogen and oxygen atoms in total. The smallest absolute Gasteiger partial charge is 0.244 e. The lowest BCUT2D eigenvalue weighted by molar-refractivity contribution is -0.133. The number of carbonyl (C=O) groups excluding carboxylic acids is 1. The monoisotopic (exact) mass is 651 g/mol. The second-order valence-corrected chi connectivity index (χ2v) is 12.8. The molecule has 1 fully saturated rings. The number of benzene rings is 2. The molecule has 0 unspecified atom stereocenters. The van der Waals surface area contributed by atoms with E-state index in [0.29, 0.717) is 23.1 Å². The van der Waals surface area contributed by atoms with Crippen LogP contribution in [0.3, 0.4) is 0 Å². The summed E-state index contributed by atoms with van der Waals surface area (Å²) in [5.74, 6) is 1.39. The Hall–Kier alpha value is -4.30. The molecule has 0 bridgehead atoms. The van der Waals surface area contributed by atoms with Crippen LogP contribution in [-0.4, -0.2) is 70.9 Å². The number of piperidine rings is 1. The van der Waals surface area contributed by atoms with Gasteiger partial charge in [0, 0.05) is 57.2 Å². The Morgan fingerprint density at radius 1 is 1.06 bits per heavy atom. The minimum atomic E-state index is -0.316. The fourth-order valence-electron chi connectivity index (χ4n) is 6.61. The molecule has 2 aromatic carbocycles. The van der Waals surface area contributed by atoms with E-state index in [0.717, 1.165) is 88.7 Å². The average molecular weight is 652 g/mol. The first-order valence-corrected chi connectivity index (χ1v) is 17.4. The van der Waals surface area contributed by atoms with E-state index in [2.05, 4.69) is 43.7 Å². The maximum absolute atomic E-state index is 13.6. The molecule has 1 amide bonds. The van der Waals surface area contributed by atoms with Crippen LogP contribution in [0.4, 0.5) is 4.39 Å². The fourth-order valence-corrected chi connectivity index (χ4v) is 6.61. The number of nitrogens with zero attached hydrogens (tertiary/aromatic N) is 5.